The molecule has 0 bridgehead atoms. The smallest absolute Gasteiger partial charge is 0.231 e. The van der Waals surface area contributed by atoms with Crippen LogP contribution in [0.5, 0.6) is 0 Å². The van der Waals surface area contributed by atoms with Crippen LogP contribution in [0, 0.1) is 6.92 Å². The summed E-state index contributed by atoms with van der Waals surface area (Å²) in [5.74, 6) is 1.58. The highest BCUT2D eigenvalue weighted by Crippen LogP contribution is 2.20. The van der Waals surface area contributed by atoms with Gasteiger partial charge in [-0.25, -0.2) is 0 Å². The first kappa shape index (κ1) is 12.8. The van der Waals surface area contributed by atoms with E-state index in [-0.39, 0.29) is 5.92 Å². The first-order chi connectivity index (χ1) is 8.70. The van der Waals surface area contributed by atoms with Gasteiger partial charge in [0.1, 0.15) is 0 Å². The summed E-state index contributed by atoms with van der Waals surface area (Å²) >= 11 is 0. The SMILES string of the molecule is CCNCC(C)c1nc(-c2cccc(C)c2)no1. The van der Waals surface area contributed by atoms with Gasteiger partial charge in [0, 0.05) is 18.0 Å². The minimum Gasteiger partial charge on any atom is -0.339 e. The maximum Gasteiger partial charge on any atom is 0.231 e. The predicted molar refractivity (Wildman–Crippen MR) is 71.4 cm³/mol. The molecule has 0 amide bonds. The zero-order valence-corrected chi connectivity index (χ0v) is 11.1. The van der Waals surface area contributed by atoms with Crippen LogP contribution in [0.15, 0.2) is 28.8 Å². The summed E-state index contributed by atoms with van der Waals surface area (Å²) in [7, 11) is 0. The number of hydrogen-bond acceptors (Lipinski definition) is 4. The van der Waals surface area contributed by atoms with Gasteiger partial charge in [0.05, 0.1) is 0 Å². The van der Waals surface area contributed by atoms with Gasteiger partial charge in [-0.05, 0) is 19.5 Å². The van der Waals surface area contributed by atoms with Gasteiger partial charge in [0.25, 0.3) is 0 Å². The Balaban J connectivity index is 2.15. The molecule has 1 unspecified atom stereocenters. The fraction of sp³-hybridized carbons (Fsp3) is 0.429. The van der Waals surface area contributed by atoms with E-state index >= 15 is 0 Å². The summed E-state index contributed by atoms with van der Waals surface area (Å²) < 4.78 is 5.32. The first-order valence-corrected chi connectivity index (χ1v) is 6.32. The minimum absolute atomic E-state index is 0.232. The summed E-state index contributed by atoms with van der Waals surface area (Å²) in [6, 6.07) is 8.11. The molecular formula is C14H19N3O. The zero-order valence-electron chi connectivity index (χ0n) is 11.1. The highest BCUT2D eigenvalue weighted by Gasteiger charge is 2.14. The third-order valence-electron chi connectivity index (χ3n) is 2.84. The van der Waals surface area contributed by atoms with Gasteiger partial charge < -0.3 is 9.84 Å². The van der Waals surface area contributed by atoms with Crippen LogP contribution < -0.4 is 5.32 Å². The third kappa shape index (κ3) is 2.96. The lowest BCUT2D eigenvalue weighted by atomic mass is 10.1. The molecule has 2 rings (SSSR count). The quantitative estimate of drug-likeness (QED) is 0.880. The van der Waals surface area contributed by atoms with Crippen molar-refractivity contribution in [2.75, 3.05) is 13.1 Å². The monoisotopic (exact) mass is 245 g/mol. The maximum absolute atomic E-state index is 5.32. The summed E-state index contributed by atoms with van der Waals surface area (Å²) in [6.45, 7) is 8.02. The Kier molecular flexibility index (Phi) is 4.10. The minimum atomic E-state index is 0.232. The first-order valence-electron chi connectivity index (χ1n) is 6.32. The standard InChI is InChI=1S/C14H19N3O/c1-4-15-9-11(3)14-16-13(17-18-14)12-7-5-6-10(2)8-12/h5-8,11,15H,4,9H2,1-3H3. The lowest BCUT2D eigenvalue weighted by Gasteiger charge is -2.05. The Labute approximate surface area is 107 Å². The van der Waals surface area contributed by atoms with Crippen molar-refractivity contribution in [2.24, 2.45) is 0 Å². The fourth-order valence-corrected chi connectivity index (χ4v) is 1.78. The van der Waals surface area contributed by atoms with Crippen molar-refractivity contribution in [2.45, 2.75) is 26.7 Å². The molecule has 0 spiro atoms. The molecule has 1 aromatic carbocycles. The van der Waals surface area contributed by atoms with Crippen molar-refractivity contribution in [3.05, 3.63) is 35.7 Å². The zero-order chi connectivity index (χ0) is 13.0. The van der Waals surface area contributed by atoms with Crippen LogP contribution >= 0.6 is 0 Å². The summed E-state index contributed by atoms with van der Waals surface area (Å²) in [4.78, 5) is 4.46. The van der Waals surface area contributed by atoms with Crippen LogP contribution in [0.2, 0.25) is 0 Å². The molecule has 96 valence electrons. The van der Waals surface area contributed by atoms with E-state index < -0.39 is 0 Å². The lowest BCUT2D eigenvalue weighted by Crippen LogP contribution is -2.19. The molecule has 2 aromatic rings. The average molecular weight is 245 g/mol. The Morgan fingerprint density at radius 1 is 1.39 bits per heavy atom. The topological polar surface area (TPSA) is 51.0 Å². The van der Waals surface area contributed by atoms with E-state index in [0.717, 1.165) is 18.7 Å². The number of likely N-dealkylation sites (N-methyl/N-ethyl adjacent to an activating group) is 1. The van der Waals surface area contributed by atoms with E-state index in [2.05, 4.69) is 48.4 Å². The Morgan fingerprint density at radius 2 is 2.22 bits per heavy atom. The predicted octanol–water partition coefficient (Wildman–Crippen LogP) is 2.76. The van der Waals surface area contributed by atoms with Crippen molar-refractivity contribution in [1.29, 1.82) is 0 Å². The van der Waals surface area contributed by atoms with Crippen LogP contribution in [0.25, 0.3) is 11.4 Å². The Bertz CT molecular complexity index is 507. The second-order valence-corrected chi connectivity index (χ2v) is 4.53. The molecule has 0 aliphatic rings. The van der Waals surface area contributed by atoms with E-state index in [4.69, 9.17) is 4.52 Å². The van der Waals surface area contributed by atoms with Crippen molar-refractivity contribution in [1.82, 2.24) is 15.5 Å². The van der Waals surface area contributed by atoms with Gasteiger partial charge in [-0.1, -0.05) is 42.8 Å². The van der Waals surface area contributed by atoms with Crippen LogP contribution in [0.3, 0.4) is 0 Å². The van der Waals surface area contributed by atoms with E-state index in [1.165, 1.54) is 5.56 Å². The number of benzene rings is 1. The number of nitrogens with zero attached hydrogens (tertiary/aromatic N) is 2. The Morgan fingerprint density at radius 3 is 2.94 bits per heavy atom. The molecule has 0 saturated carbocycles. The van der Waals surface area contributed by atoms with E-state index in [1.54, 1.807) is 0 Å². The van der Waals surface area contributed by atoms with Crippen molar-refractivity contribution >= 4 is 0 Å². The number of rotatable bonds is 5. The second kappa shape index (κ2) is 5.78. The van der Waals surface area contributed by atoms with Crippen LogP contribution in [-0.4, -0.2) is 23.2 Å². The van der Waals surface area contributed by atoms with Crippen LogP contribution in [0.1, 0.15) is 31.2 Å². The summed E-state index contributed by atoms with van der Waals surface area (Å²) in [5, 5.41) is 7.32. The van der Waals surface area contributed by atoms with Crippen LogP contribution in [0.4, 0.5) is 0 Å². The molecule has 4 nitrogen and oxygen atoms in total. The highest BCUT2D eigenvalue weighted by atomic mass is 16.5. The van der Waals surface area contributed by atoms with Gasteiger partial charge in [-0.2, -0.15) is 4.98 Å². The maximum atomic E-state index is 5.32. The molecule has 1 atom stereocenters. The summed E-state index contributed by atoms with van der Waals surface area (Å²) in [6.07, 6.45) is 0. The fourth-order valence-electron chi connectivity index (χ4n) is 1.78. The van der Waals surface area contributed by atoms with Crippen molar-refractivity contribution < 1.29 is 4.52 Å². The molecule has 4 heteroatoms. The molecule has 0 fully saturated rings. The molecule has 0 saturated heterocycles. The molecule has 1 aromatic heterocycles. The molecule has 1 N–H and O–H groups in total. The molecular weight excluding hydrogens is 226 g/mol. The number of aryl methyl sites for hydroxylation is 1. The number of aromatic nitrogens is 2. The van der Waals surface area contributed by atoms with Crippen LogP contribution in [-0.2, 0) is 0 Å². The molecule has 1 heterocycles. The van der Waals surface area contributed by atoms with Gasteiger partial charge in [-0.15, -0.1) is 0 Å². The van der Waals surface area contributed by atoms with Gasteiger partial charge >= 0.3 is 0 Å². The summed E-state index contributed by atoms with van der Waals surface area (Å²) in [5.41, 5.74) is 2.19. The largest absolute Gasteiger partial charge is 0.339 e. The molecule has 0 aliphatic carbocycles. The number of hydrogen-bond donors (Lipinski definition) is 1. The van der Waals surface area contributed by atoms with Crippen molar-refractivity contribution in [3.8, 4) is 11.4 Å². The van der Waals surface area contributed by atoms with Gasteiger partial charge in [0.2, 0.25) is 11.7 Å². The van der Waals surface area contributed by atoms with Crippen molar-refractivity contribution in [3.63, 3.8) is 0 Å². The number of nitrogens with one attached hydrogen (secondary N) is 1. The van der Waals surface area contributed by atoms with Gasteiger partial charge in [0.15, 0.2) is 0 Å². The molecule has 0 aliphatic heterocycles. The normalized spacial score (nSPS) is 12.6. The lowest BCUT2D eigenvalue weighted by molar-refractivity contribution is 0.355. The average Bonchev–Trinajstić information content (AvgIpc) is 2.85. The van der Waals surface area contributed by atoms with Gasteiger partial charge in [-0.3, -0.25) is 0 Å². The van der Waals surface area contributed by atoms with E-state index in [0.29, 0.717) is 11.7 Å². The third-order valence-corrected chi connectivity index (χ3v) is 2.84. The molecule has 18 heavy (non-hydrogen) atoms. The molecule has 0 radical (unpaired) electrons. The Hall–Kier alpha value is -1.68. The van der Waals surface area contributed by atoms with E-state index in [1.807, 2.05) is 12.1 Å². The second-order valence-electron chi connectivity index (χ2n) is 4.53. The van der Waals surface area contributed by atoms with E-state index in [9.17, 15) is 0 Å². The highest BCUT2D eigenvalue weighted by molar-refractivity contribution is 5.55.